The van der Waals surface area contributed by atoms with Crippen LogP contribution in [0.15, 0.2) is 36.9 Å². The number of aromatic nitrogens is 2. The van der Waals surface area contributed by atoms with Crippen molar-refractivity contribution in [1.29, 1.82) is 5.26 Å². The van der Waals surface area contributed by atoms with Crippen molar-refractivity contribution in [2.24, 2.45) is 0 Å². The van der Waals surface area contributed by atoms with E-state index in [2.05, 4.69) is 34.8 Å². The van der Waals surface area contributed by atoms with Crippen molar-refractivity contribution in [3.63, 3.8) is 0 Å². The molecule has 4 heterocycles. The molecule has 1 spiro atoms. The molecule has 10 nitrogen and oxygen atoms in total. The first-order valence-electron chi connectivity index (χ1n) is 14.1. The molecule has 40 heavy (non-hydrogen) atoms. The number of likely N-dealkylation sites (tertiary alicyclic amines) is 1. The van der Waals surface area contributed by atoms with Gasteiger partial charge in [-0.15, -0.1) is 0 Å². The number of likely N-dealkylation sites (N-methyl/N-ethyl adjacent to an activating group) is 1. The highest BCUT2D eigenvalue weighted by Crippen LogP contribution is 2.47. The molecule has 1 N–H and O–H groups in total. The first kappa shape index (κ1) is 26.3. The summed E-state index contributed by atoms with van der Waals surface area (Å²) in [6.45, 7) is 6.71. The van der Waals surface area contributed by atoms with E-state index in [1.165, 1.54) is 6.08 Å². The number of rotatable bonds is 6. The zero-order valence-electron chi connectivity index (χ0n) is 22.9. The Morgan fingerprint density at radius 3 is 2.90 bits per heavy atom. The molecular weight excluding hydrogens is 506 g/mol. The van der Waals surface area contributed by atoms with E-state index in [4.69, 9.17) is 14.7 Å². The predicted molar refractivity (Wildman–Crippen MR) is 150 cm³/mol. The Kier molecular flexibility index (Phi) is 6.92. The SMILES string of the molecule is C=CC(=O)N1CCN(c2nc(OCC3CCCN3C)nc3c2CCC2(C3)C(=O)Nc3ccccc32)CC1CC#N. The third-order valence-electron chi connectivity index (χ3n) is 9.09. The molecule has 6 rings (SSSR count). The van der Waals surface area contributed by atoms with Crippen molar-refractivity contribution >= 4 is 23.3 Å². The number of anilines is 2. The zero-order valence-corrected chi connectivity index (χ0v) is 22.9. The van der Waals surface area contributed by atoms with Gasteiger partial charge in [0, 0.05) is 43.3 Å². The van der Waals surface area contributed by atoms with Gasteiger partial charge in [-0.1, -0.05) is 24.8 Å². The fourth-order valence-electron chi connectivity index (χ4n) is 6.83. The third kappa shape index (κ3) is 4.48. The van der Waals surface area contributed by atoms with Crippen molar-refractivity contribution in [2.75, 3.05) is 50.1 Å². The Hall–Kier alpha value is -3.97. The third-order valence-corrected chi connectivity index (χ3v) is 9.09. The molecule has 3 atom stereocenters. The summed E-state index contributed by atoms with van der Waals surface area (Å²) in [4.78, 5) is 41.9. The number of piperazine rings is 1. The molecule has 3 unspecified atom stereocenters. The number of fused-ring (bicyclic) bond motifs is 3. The van der Waals surface area contributed by atoms with Crippen molar-refractivity contribution in [2.45, 2.75) is 56.0 Å². The smallest absolute Gasteiger partial charge is 0.318 e. The average Bonchev–Trinajstić information content (AvgIpc) is 3.50. The maximum atomic E-state index is 13.4. The van der Waals surface area contributed by atoms with Gasteiger partial charge in [0.05, 0.1) is 29.6 Å². The van der Waals surface area contributed by atoms with Crippen molar-refractivity contribution in [1.82, 2.24) is 19.8 Å². The molecule has 1 aromatic heterocycles. The van der Waals surface area contributed by atoms with E-state index in [-0.39, 0.29) is 24.3 Å². The Balaban J connectivity index is 1.35. The number of ether oxygens (including phenoxy) is 1. The van der Waals surface area contributed by atoms with Gasteiger partial charge in [-0.25, -0.2) is 0 Å². The van der Waals surface area contributed by atoms with Gasteiger partial charge in [-0.3, -0.25) is 9.59 Å². The molecule has 2 fully saturated rings. The van der Waals surface area contributed by atoms with Gasteiger partial charge in [0.2, 0.25) is 11.8 Å². The van der Waals surface area contributed by atoms with Gasteiger partial charge in [0.15, 0.2) is 0 Å². The summed E-state index contributed by atoms with van der Waals surface area (Å²) >= 11 is 0. The summed E-state index contributed by atoms with van der Waals surface area (Å²) in [5.41, 5.74) is 3.07. The van der Waals surface area contributed by atoms with Crippen LogP contribution in [0.2, 0.25) is 0 Å². The van der Waals surface area contributed by atoms with Crippen LogP contribution in [0.5, 0.6) is 6.01 Å². The van der Waals surface area contributed by atoms with Crippen molar-refractivity contribution in [3.8, 4) is 12.1 Å². The lowest BCUT2D eigenvalue weighted by Gasteiger charge is -2.42. The van der Waals surface area contributed by atoms with Gasteiger partial charge in [0.25, 0.3) is 0 Å². The molecule has 0 radical (unpaired) electrons. The summed E-state index contributed by atoms with van der Waals surface area (Å²) in [6, 6.07) is 10.5. The van der Waals surface area contributed by atoms with Crippen LogP contribution in [-0.2, 0) is 27.8 Å². The Bertz CT molecular complexity index is 1390. The van der Waals surface area contributed by atoms with Gasteiger partial charge in [-0.2, -0.15) is 15.2 Å². The fraction of sp³-hybridized carbons (Fsp3) is 0.500. The van der Waals surface area contributed by atoms with Crippen LogP contribution < -0.4 is 15.0 Å². The summed E-state index contributed by atoms with van der Waals surface area (Å²) < 4.78 is 6.24. The molecule has 0 saturated carbocycles. The quantitative estimate of drug-likeness (QED) is 0.555. The van der Waals surface area contributed by atoms with E-state index >= 15 is 0 Å². The van der Waals surface area contributed by atoms with Crippen molar-refractivity contribution in [3.05, 3.63) is 53.7 Å². The van der Waals surface area contributed by atoms with Crippen LogP contribution in [0.4, 0.5) is 11.5 Å². The van der Waals surface area contributed by atoms with E-state index in [0.29, 0.717) is 57.6 Å². The minimum atomic E-state index is -0.670. The van der Waals surface area contributed by atoms with E-state index in [9.17, 15) is 14.9 Å². The lowest BCUT2D eigenvalue weighted by atomic mass is 9.69. The molecule has 1 aliphatic carbocycles. The number of para-hydroxylation sites is 1. The highest BCUT2D eigenvalue weighted by atomic mass is 16.5. The summed E-state index contributed by atoms with van der Waals surface area (Å²) in [7, 11) is 2.11. The molecular formula is C30H35N7O3. The number of nitrogens with one attached hydrogen (secondary N) is 1. The number of hydrogen-bond acceptors (Lipinski definition) is 8. The normalized spacial score (nSPS) is 25.8. The van der Waals surface area contributed by atoms with Crippen LogP contribution in [0, 0.1) is 11.3 Å². The highest BCUT2D eigenvalue weighted by Gasteiger charge is 2.49. The lowest BCUT2D eigenvalue weighted by molar-refractivity contribution is -0.128. The Labute approximate surface area is 234 Å². The van der Waals surface area contributed by atoms with Crippen LogP contribution in [0.3, 0.4) is 0 Å². The second-order valence-corrected chi connectivity index (χ2v) is 11.3. The topological polar surface area (TPSA) is 115 Å². The predicted octanol–water partition coefficient (Wildman–Crippen LogP) is 2.45. The molecule has 2 amide bonds. The molecule has 0 bridgehead atoms. The fourth-order valence-corrected chi connectivity index (χ4v) is 6.83. The largest absolute Gasteiger partial charge is 0.462 e. The van der Waals surface area contributed by atoms with Gasteiger partial charge < -0.3 is 24.8 Å². The van der Waals surface area contributed by atoms with Gasteiger partial charge >= 0.3 is 6.01 Å². The first-order chi connectivity index (χ1) is 19.4. The average molecular weight is 542 g/mol. The number of benzene rings is 1. The van der Waals surface area contributed by atoms with Crippen LogP contribution in [0.25, 0.3) is 0 Å². The Morgan fingerprint density at radius 2 is 2.12 bits per heavy atom. The number of nitrogens with zero attached hydrogens (tertiary/aromatic N) is 6. The summed E-state index contributed by atoms with van der Waals surface area (Å²) in [5.74, 6) is 0.636. The molecule has 208 valence electrons. The molecule has 2 aromatic rings. The maximum Gasteiger partial charge on any atom is 0.318 e. The number of carbonyl (C=O) groups excluding carboxylic acids is 2. The number of amides is 2. The summed E-state index contributed by atoms with van der Waals surface area (Å²) in [6.07, 6.45) is 5.52. The standard InChI is InChI=1S/C30H35N7O3/c1-3-26(38)37-16-15-36(18-20(37)11-13-31)27-22-10-12-30(23-8-4-5-9-24(23)32-28(30)39)17-25(22)33-29(34-27)40-19-21-7-6-14-35(21)2/h3-5,8-9,20-21H,1,6-7,10-12,14-19H2,2H3,(H,32,39). The van der Waals surface area contributed by atoms with Crippen LogP contribution >= 0.6 is 0 Å². The minimum Gasteiger partial charge on any atom is -0.462 e. The number of nitriles is 1. The second kappa shape index (κ2) is 10.5. The molecule has 4 aliphatic rings. The van der Waals surface area contributed by atoms with Gasteiger partial charge in [0.1, 0.15) is 12.4 Å². The van der Waals surface area contributed by atoms with E-state index in [1.807, 2.05) is 24.3 Å². The van der Waals surface area contributed by atoms with E-state index in [0.717, 1.165) is 47.7 Å². The molecule has 2 saturated heterocycles. The van der Waals surface area contributed by atoms with Crippen LogP contribution in [0.1, 0.15) is 42.5 Å². The zero-order chi connectivity index (χ0) is 27.9. The Morgan fingerprint density at radius 1 is 1.27 bits per heavy atom. The molecule has 10 heteroatoms. The monoisotopic (exact) mass is 541 g/mol. The van der Waals surface area contributed by atoms with Gasteiger partial charge in [-0.05, 0) is 57.0 Å². The number of carbonyl (C=O) groups is 2. The second-order valence-electron chi connectivity index (χ2n) is 11.3. The minimum absolute atomic E-state index is 0.0141. The van der Waals surface area contributed by atoms with Crippen molar-refractivity contribution < 1.29 is 14.3 Å². The molecule has 1 aromatic carbocycles. The first-order valence-corrected chi connectivity index (χ1v) is 14.1. The lowest BCUT2D eigenvalue weighted by Crippen LogP contribution is -2.55. The number of hydrogen-bond donors (Lipinski definition) is 1. The van der Waals surface area contributed by atoms with E-state index < -0.39 is 5.41 Å². The van der Waals surface area contributed by atoms with Crippen LogP contribution in [-0.4, -0.2) is 83.5 Å². The maximum absolute atomic E-state index is 13.4. The molecule has 3 aliphatic heterocycles. The summed E-state index contributed by atoms with van der Waals surface area (Å²) in [5, 5.41) is 12.6. The van der Waals surface area contributed by atoms with E-state index in [1.54, 1.807) is 4.90 Å². The highest BCUT2D eigenvalue weighted by molar-refractivity contribution is 6.06.